The molecule has 0 radical (unpaired) electrons. The zero-order valence-electron chi connectivity index (χ0n) is 12.3. The smallest absolute Gasteiger partial charge is 0.206 e. The summed E-state index contributed by atoms with van der Waals surface area (Å²) in [5.41, 5.74) is 0. The van der Waals surface area contributed by atoms with Crippen molar-refractivity contribution in [2.24, 2.45) is 17.7 Å². The molecule has 0 saturated carbocycles. The molecule has 1 rings (SSSR count). The van der Waals surface area contributed by atoms with E-state index in [4.69, 9.17) is 16.5 Å². The molecule has 0 aromatic rings. The summed E-state index contributed by atoms with van der Waals surface area (Å²) in [6.07, 6.45) is 0.194. The minimum Gasteiger partial charge on any atom is -0.387 e. The first-order valence-corrected chi connectivity index (χ1v) is 7.31. The highest BCUT2D eigenvalue weighted by Gasteiger charge is 2.46. The zero-order chi connectivity index (χ0) is 15.1. The van der Waals surface area contributed by atoms with Crippen LogP contribution in [-0.2, 0) is 14.4 Å². The van der Waals surface area contributed by atoms with Gasteiger partial charge in [-0.1, -0.05) is 39.5 Å². The number of hydrogen-bond donors (Lipinski definition) is 4. The van der Waals surface area contributed by atoms with E-state index < -0.39 is 30.7 Å². The van der Waals surface area contributed by atoms with E-state index in [1.54, 1.807) is 0 Å². The molecule has 1 fully saturated rings. The fourth-order valence-electron chi connectivity index (χ4n) is 2.90. The number of aliphatic hydroxyl groups excluding tert-OH is 2. The van der Waals surface area contributed by atoms with Gasteiger partial charge in [0.05, 0.1) is 6.10 Å². The number of rotatable bonds is 8. The summed E-state index contributed by atoms with van der Waals surface area (Å²) in [4.78, 5) is 9.26. The van der Waals surface area contributed by atoms with Crippen molar-refractivity contribution in [1.29, 1.82) is 0 Å². The van der Waals surface area contributed by atoms with Crippen molar-refractivity contribution in [2.75, 3.05) is 0 Å². The second kappa shape index (κ2) is 8.89. The standard InChI is InChI=1S/C13H28N2O5/c1-3-5-8(6-4-2)7-9-10(16)12(19-14)11(17)13(18-9)20-15/h8-13,16-17H,3-7,14-15H2,1-2H3. The molecule has 120 valence electrons. The van der Waals surface area contributed by atoms with Gasteiger partial charge in [0.1, 0.15) is 18.3 Å². The third kappa shape index (κ3) is 4.36. The molecule has 0 aliphatic carbocycles. The number of hydrogen-bond acceptors (Lipinski definition) is 7. The molecule has 1 heterocycles. The van der Waals surface area contributed by atoms with Crippen LogP contribution >= 0.6 is 0 Å². The van der Waals surface area contributed by atoms with Crippen LogP contribution < -0.4 is 11.8 Å². The minimum atomic E-state index is -1.22. The van der Waals surface area contributed by atoms with Crippen LogP contribution in [0.15, 0.2) is 0 Å². The van der Waals surface area contributed by atoms with Gasteiger partial charge in [0, 0.05) is 0 Å². The van der Waals surface area contributed by atoms with Crippen LogP contribution in [0.1, 0.15) is 46.0 Å². The summed E-state index contributed by atoms with van der Waals surface area (Å²) in [5.74, 6) is 10.7. The van der Waals surface area contributed by atoms with E-state index in [1.165, 1.54) is 0 Å². The monoisotopic (exact) mass is 292 g/mol. The molecule has 0 spiro atoms. The van der Waals surface area contributed by atoms with Crippen LogP contribution in [0.2, 0.25) is 0 Å². The van der Waals surface area contributed by atoms with Gasteiger partial charge in [-0.25, -0.2) is 11.8 Å². The summed E-state index contributed by atoms with van der Waals surface area (Å²) in [7, 11) is 0. The van der Waals surface area contributed by atoms with E-state index in [0.29, 0.717) is 12.3 Å². The van der Waals surface area contributed by atoms with Crippen molar-refractivity contribution in [3.8, 4) is 0 Å². The lowest BCUT2D eigenvalue weighted by Crippen LogP contribution is -2.60. The Balaban J connectivity index is 2.70. The normalized spacial score (nSPS) is 34.6. The van der Waals surface area contributed by atoms with E-state index in [9.17, 15) is 10.2 Å². The van der Waals surface area contributed by atoms with Gasteiger partial charge in [-0.05, 0) is 12.3 Å². The fourth-order valence-corrected chi connectivity index (χ4v) is 2.90. The molecule has 6 N–H and O–H groups in total. The lowest BCUT2D eigenvalue weighted by atomic mass is 9.87. The molecule has 5 atom stereocenters. The Hall–Kier alpha value is -0.280. The maximum absolute atomic E-state index is 10.2. The van der Waals surface area contributed by atoms with Gasteiger partial charge in [0.2, 0.25) is 6.29 Å². The molecule has 0 amide bonds. The molecule has 20 heavy (non-hydrogen) atoms. The van der Waals surface area contributed by atoms with Crippen molar-refractivity contribution in [3.05, 3.63) is 0 Å². The summed E-state index contributed by atoms with van der Waals surface area (Å²) in [6, 6.07) is 0. The predicted molar refractivity (Wildman–Crippen MR) is 72.9 cm³/mol. The number of nitrogens with two attached hydrogens (primary N) is 2. The number of ether oxygens (including phenoxy) is 1. The van der Waals surface area contributed by atoms with Gasteiger partial charge in [-0.15, -0.1) is 0 Å². The highest BCUT2D eigenvalue weighted by Crippen LogP contribution is 2.29. The van der Waals surface area contributed by atoms with Gasteiger partial charge in [0.25, 0.3) is 0 Å². The molecular formula is C13H28N2O5. The molecule has 1 aliphatic rings. The Morgan fingerprint density at radius 2 is 1.65 bits per heavy atom. The lowest BCUT2D eigenvalue weighted by Gasteiger charge is -2.41. The molecule has 0 aromatic heterocycles. The minimum absolute atomic E-state index is 0.441. The van der Waals surface area contributed by atoms with Crippen LogP contribution in [0.25, 0.3) is 0 Å². The van der Waals surface area contributed by atoms with Crippen molar-refractivity contribution < 1.29 is 24.6 Å². The average Bonchev–Trinajstić information content (AvgIpc) is 2.43. The maximum Gasteiger partial charge on any atom is 0.206 e. The first-order valence-electron chi connectivity index (χ1n) is 7.31. The van der Waals surface area contributed by atoms with Crippen LogP contribution in [0.4, 0.5) is 0 Å². The highest BCUT2D eigenvalue weighted by molar-refractivity contribution is 4.90. The Morgan fingerprint density at radius 3 is 2.10 bits per heavy atom. The molecular weight excluding hydrogens is 264 g/mol. The summed E-state index contributed by atoms with van der Waals surface area (Å²) < 4.78 is 5.53. The van der Waals surface area contributed by atoms with Gasteiger partial charge < -0.3 is 14.9 Å². The van der Waals surface area contributed by atoms with E-state index in [1.807, 2.05) is 0 Å². The van der Waals surface area contributed by atoms with Crippen LogP contribution in [0.5, 0.6) is 0 Å². The first-order chi connectivity index (χ1) is 9.58. The van der Waals surface area contributed by atoms with Crippen molar-refractivity contribution in [1.82, 2.24) is 0 Å². The van der Waals surface area contributed by atoms with Crippen LogP contribution in [-0.4, -0.2) is 40.9 Å². The van der Waals surface area contributed by atoms with Gasteiger partial charge in [-0.2, -0.15) is 0 Å². The molecule has 7 heteroatoms. The Morgan fingerprint density at radius 1 is 1.05 bits per heavy atom. The number of aliphatic hydroxyl groups is 2. The van der Waals surface area contributed by atoms with Crippen LogP contribution in [0.3, 0.4) is 0 Å². The molecule has 1 aliphatic heterocycles. The molecule has 1 saturated heterocycles. The fraction of sp³-hybridized carbons (Fsp3) is 1.00. The largest absolute Gasteiger partial charge is 0.387 e. The van der Waals surface area contributed by atoms with Crippen molar-refractivity contribution >= 4 is 0 Å². The summed E-state index contributed by atoms with van der Waals surface area (Å²) in [5, 5.41) is 20.1. The van der Waals surface area contributed by atoms with Crippen LogP contribution in [0, 0.1) is 5.92 Å². The van der Waals surface area contributed by atoms with Crippen molar-refractivity contribution in [2.45, 2.75) is 76.7 Å². The third-order valence-electron chi connectivity index (χ3n) is 3.89. The molecule has 0 bridgehead atoms. The highest BCUT2D eigenvalue weighted by atomic mass is 16.8. The quantitative estimate of drug-likeness (QED) is 0.471. The maximum atomic E-state index is 10.2. The average molecular weight is 292 g/mol. The zero-order valence-corrected chi connectivity index (χ0v) is 12.3. The van der Waals surface area contributed by atoms with E-state index in [0.717, 1.165) is 25.7 Å². The molecule has 0 aromatic carbocycles. The second-order valence-corrected chi connectivity index (χ2v) is 5.44. The summed E-state index contributed by atoms with van der Waals surface area (Å²) >= 11 is 0. The lowest BCUT2D eigenvalue weighted by molar-refractivity contribution is -0.308. The first kappa shape index (κ1) is 17.8. The SMILES string of the molecule is CCCC(CCC)CC1OC(ON)C(O)C(ON)C1O. The van der Waals surface area contributed by atoms with E-state index >= 15 is 0 Å². The van der Waals surface area contributed by atoms with E-state index in [-0.39, 0.29) is 0 Å². The second-order valence-electron chi connectivity index (χ2n) is 5.44. The van der Waals surface area contributed by atoms with Crippen molar-refractivity contribution in [3.63, 3.8) is 0 Å². The van der Waals surface area contributed by atoms with Gasteiger partial charge in [-0.3, -0.25) is 9.68 Å². The Bertz CT molecular complexity index is 263. The molecule has 7 nitrogen and oxygen atoms in total. The topological polar surface area (TPSA) is 120 Å². The van der Waals surface area contributed by atoms with Gasteiger partial charge >= 0.3 is 0 Å². The third-order valence-corrected chi connectivity index (χ3v) is 3.89. The Labute approximate surface area is 120 Å². The molecule has 5 unspecified atom stereocenters. The summed E-state index contributed by atoms with van der Waals surface area (Å²) in [6.45, 7) is 4.25. The predicted octanol–water partition coefficient (Wildman–Crippen LogP) is 0.189. The van der Waals surface area contributed by atoms with Gasteiger partial charge in [0.15, 0.2) is 0 Å². The van der Waals surface area contributed by atoms with E-state index in [2.05, 4.69) is 23.5 Å². The Kier molecular flexibility index (Phi) is 7.90.